The Kier molecular flexibility index (Phi) is 5.84. The van der Waals surface area contributed by atoms with Gasteiger partial charge in [-0.1, -0.05) is 12.1 Å². The molecule has 0 aliphatic heterocycles. The summed E-state index contributed by atoms with van der Waals surface area (Å²) in [6, 6.07) is 9.58. The molecule has 142 valence electrons. The predicted octanol–water partition coefficient (Wildman–Crippen LogP) is 3.26. The number of nitrogens with one attached hydrogen (secondary N) is 1. The smallest absolute Gasteiger partial charge is 0.253 e. The van der Waals surface area contributed by atoms with Crippen LogP contribution >= 0.6 is 0 Å². The van der Waals surface area contributed by atoms with Gasteiger partial charge in [0.1, 0.15) is 5.82 Å². The van der Waals surface area contributed by atoms with Gasteiger partial charge in [0, 0.05) is 37.3 Å². The molecule has 1 saturated carbocycles. The van der Waals surface area contributed by atoms with E-state index in [1.165, 1.54) is 18.3 Å². The molecular weight excluding hydrogens is 345 g/mol. The van der Waals surface area contributed by atoms with Gasteiger partial charge in [-0.2, -0.15) is 0 Å². The van der Waals surface area contributed by atoms with Crippen molar-refractivity contribution < 1.29 is 14.0 Å². The maximum atomic E-state index is 13.3. The molecule has 1 fully saturated rings. The van der Waals surface area contributed by atoms with E-state index < -0.39 is 0 Å². The molecule has 1 aliphatic rings. The van der Waals surface area contributed by atoms with Gasteiger partial charge in [-0.3, -0.25) is 14.6 Å². The number of benzene rings is 1. The lowest BCUT2D eigenvalue weighted by Crippen LogP contribution is -2.35. The van der Waals surface area contributed by atoms with Crippen molar-refractivity contribution in [2.75, 3.05) is 13.6 Å². The number of carbonyl (C=O) groups is 2. The highest BCUT2D eigenvalue weighted by Gasteiger charge is 2.32. The van der Waals surface area contributed by atoms with Crippen LogP contribution in [-0.4, -0.2) is 41.3 Å². The highest BCUT2D eigenvalue weighted by Crippen LogP contribution is 2.27. The van der Waals surface area contributed by atoms with Crippen molar-refractivity contribution in [3.8, 4) is 11.3 Å². The van der Waals surface area contributed by atoms with Gasteiger partial charge >= 0.3 is 0 Å². The summed E-state index contributed by atoms with van der Waals surface area (Å²) in [6.07, 6.45) is 3.77. The van der Waals surface area contributed by atoms with Gasteiger partial charge in [-0.15, -0.1) is 0 Å². The van der Waals surface area contributed by atoms with Gasteiger partial charge in [0.15, 0.2) is 0 Å². The van der Waals surface area contributed by atoms with Gasteiger partial charge in [0.25, 0.3) is 5.91 Å². The van der Waals surface area contributed by atoms with E-state index in [0.29, 0.717) is 29.8 Å². The maximum Gasteiger partial charge on any atom is 0.253 e. The molecule has 1 aromatic heterocycles. The molecule has 3 rings (SSSR count). The summed E-state index contributed by atoms with van der Waals surface area (Å²) in [5, 5.41) is 3.00. The van der Waals surface area contributed by atoms with Crippen LogP contribution in [-0.2, 0) is 4.79 Å². The van der Waals surface area contributed by atoms with Crippen molar-refractivity contribution in [1.29, 1.82) is 0 Å². The summed E-state index contributed by atoms with van der Waals surface area (Å²) >= 11 is 0. The Bertz CT molecular complexity index is 822. The third-order valence-corrected chi connectivity index (χ3v) is 5.11. The maximum absolute atomic E-state index is 13.3. The number of rotatable bonds is 5. The highest BCUT2D eigenvalue weighted by molar-refractivity contribution is 5.94. The molecule has 1 aliphatic carbocycles. The van der Waals surface area contributed by atoms with Crippen molar-refractivity contribution in [3.05, 3.63) is 54.0 Å². The van der Waals surface area contributed by atoms with E-state index in [2.05, 4.69) is 10.3 Å². The third-order valence-electron chi connectivity index (χ3n) is 5.11. The van der Waals surface area contributed by atoms with E-state index in [1.807, 2.05) is 6.92 Å². The van der Waals surface area contributed by atoms with Crippen LogP contribution in [0.3, 0.4) is 0 Å². The number of hydrogen-bond acceptors (Lipinski definition) is 3. The zero-order valence-corrected chi connectivity index (χ0v) is 15.6. The van der Waals surface area contributed by atoms with Crippen LogP contribution in [0.1, 0.15) is 36.5 Å². The van der Waals surface area contributed by atoms with Gasteiger partial charge in [-0.25, -0.2) is 4.39 Å². The molecule has 1 aromatic carbocycles. The molecule has 2 aromatic rings. The zero-order valence-electron chi connectivity index (χ0n) is 15.6. The predicted molar refractivity (Wildman–Crippen MR) is 102 cm³/mol. The van der Waals surface area contributed by atoms with E-state index in [9.17, 15) is 14.0 Å². The number of carbonyl (C=O) groups excluding carboxylic acids is 2. The summed E-state index contributed by atoms with van der Waals surface area (Å²) in [5.41, 5.74) is 1.73. The SMILES string of the molecule is CCN(C)C(=O)[C@@H]1CC[C@H](NC(=O)c2ccc(-c3cccc(F)c3)nc2)C1. The average molecular weight is 369 g/mol. The van der Waals surface area contributed by atoms with Crippen LogP contribution in [0, 0.1) is 11.7 Å². The summed E-state index contributed by atoms with van der Waals surface area (Å²) in [4.78, 5) is 30.7. The van der Waals surface area contributed by atoms with Crippen molar-refractivity contribution in [2.24, 2.45) is 5.92 Å². The normalized spacial score (nSPS) is 18.9. The lowest BCUT2D eigenvalue weighted by Gasteiger charge is -2.19. The molecule has 2 amide bonds. The van der Waals surface area contributed by atoms with E-state index in [0.717, 1.165) is 12.8 Å². The minimum atomic E-state index is -0.324. The van der Waals surface area contributed by atoms with Crippen molar-refractivity contribution in [2.45, 2.75) is 32.2 Å². The quantitative estimate of drug-likeness (QED) is 0.880. The van der Waals surface area contributed by atoms with Crippen LogP contribution in [0.15, 0.2) is 42.6 Å². The van der Waals surface area contributed by atoms with E-state index >= 15 is 0 Å². The number of hydrogen-bond donors (Lipinski definition) is 1. The minimum Gasteiger partial charge on any atom is -0.349 e. The minimum absolute atomic E-state index is 0.000369. The molecular formula is C21H24FN3O2. The fourth-order valence-electron chi connectivity index (χ4n) is 3.42. The Morgan fingerprint density at radius 1 is 1.26 bits per heavy atom. The second kappa shape index (κ2) is 8.29. The lowest BCUT2D eigenvalue weighted by molar-refractivity contribution is -0.133. The summed E-state index contributed by atoms with van der Waals surface area (Å²) < 4.78 is 13.3. The summed E-state index contributed by atoms with van der Waals surface area (Å²) in [7, 11) is 1.81. The second-order valence-electron chi connectivity index (χ2n) is 6.98. The van der Waals surface area contributed by atoms with E-state index in [1.54, 1.807) is 36.2 Å². The van der Waals surface area contributed by atoms with Gasteiger partial charge in [-0.05, 0) is 50.5 Å². The first kappa shape index (κ1) is 19.0. The highest BCUT2D eigenvalue weighted by atomic mass is 19.1. The Labute approximate surface area is 158 Å². The summed E-state index contributed by atoms with van der Waals surface area (Å²) in [5.74, 6) is -0.394. The van der Waals surface area contributed by atoms with Crippen molar-refractivity contribution >= 4 is 11.8 Å². The molecule has 2 atom stereocenters. The largest absolute Gasteiger partial charge is 0.349 e. The Balaban J connectivity index is 1.60. The van der Waals surface area contributed by atoms with Crippen LogP contribution < -0.4 is 5.32 Å². The number of aromatic nitrogens is 1. The van der Waals surface area contributed by atoms with Gasteiger partial charge < -0.3 is 10.2 Å². The summed E-state index contributed by atoms with van der Waals surface area (Å²) in [6.45, 7) is 2.64. The molecule has 6 heteroatoms. The van der Waals surface area contributed by atoms with Gasteiger partial charge in [0.05, 0.1) is 11.3 Å². The zero-order chi connectivity index (χ0) is 19.4. The molecule has 5 nitrogen and oxygen atoms in total. The van der Waals surface area contributed by atoms with Crippen LogP contribution in [0.4, 0.5) is 4.39 Å². The number of pyridine rings is 1. The Morgan fingerprint density at radius 2 is 2.07 bits per heavy atom. The fraction of sp³-hybridized carbons (Fsp3) is 0.381. The van der Waals surface area contributed by atoms with E-state index in [4.69, 9.17) is 0 Å². The van der Waals surface area contributed by atoms with Gasteiger partial charge in [0.2, 0.25) is 5.91 Å². The molecule has 0 unspecified atom stereocenters. The number of halogens is 1. The first-order valence-corrected chi connectivity index (χ1v) is 9.25. The standard InChI is InChI=1S/C21H24FN3O2/c1-3-25(2)21(27)15-7-9-18(12-15)24-20(26)16-8-10-19(23-13-16)14-5-4-6-17(22)11-14/h4-6,8,10-11,13,15,18H,3,7,9,12H2,1-2H3,(H,24,26)/t15-,18+/m1/s1. The Hall–Kier alpha value is -2.76. The molecule has 0 radical (unpaired) electrons. The molecule has 0 spiro atoms. The monoisotopic (exact) mass is 369 g/mol. The molecule has 1 heterocycles. The van der Waals surface area contributed by atoms with Crippen LogP contribution in [0.5, 0.6) is 0 Å². The van der Waals surface area contributed by atoms with Crippen molar-refractivity contribution in [3.63, 3.8) is 0 Å². The van der Waals surface area contributed by atoms with Crippen LogP contribution in [0.25, 0.3) is 11.3 Å². The first-order chi connectivity index (χ1) is 13.0. The number of amides is 2. The van der Waals surface area contributed by atoms with Crippen LogP contribution in [0.2, 0.25) is 0 Å². The molecule has 1 N–H and O–H groups in total. The first-order valence-electron chi connectivity index (χ1n) is 9.25. The molecule has 0 bridgehead atoms. The van der Waals surface area contributed by atoms with Crippen molar-refractivity contribution in [1.82, 2.24) is 15.2 Å². The number of nitrogens with zero attached hydrogens (tertiary/aromatic N) is 2. The topological polar surface area (TPSA) is 62.3 Å². The Morgan fingerprint density at radius 3 is 2.74 bits per heavy atom. The third kappa shape index (κ3) is 4.51. The van der Waals surface area contributed by atoms with E-state index in [-0.39, 0.29) is 29.6 Å². The lowest BCUT2D eigenvalue weighted by atomic mass is 10.1. The second-order valence-corrected chi connectivity index (χ2v) is 6.98. The fourth-order valence-corrected chi connectivity index (χ4v) is 3.42. The molecule has 27 heavy (non-hydrogen) atoms. The average Bonchev–Trinajstić information content (AvgIpc) is 3.15. The molecule has 0 saturated heterocycles.